The Morgan fingerprint density at radius 3 is 2.35 bits per heavy atom. The summed E-state index contributed by atoms with van der Waals surface area (Å²) in [7, 11) is 0. The van der Waals surface area contributed by atoms with Crippen LogP contribution in [0.25, 0.3) is 0 Å². The van der Waals surface area contributed by atoms with E-state index in [2.05, 4.69) is 21.9 Å². The van der Waals surface area contributed by atoms with Gasteiger partial charge >= 0.3 is 0 Å². The molecule has 2 saturated heterocycles. The second-order valence-corrected chi connectivity index (χ2v) is 6.43. The number of para-hydroxylation sites is 1. The molecular weight excluding hydrogens is 246 g/mol. The van der Waals surface area contributed by atoms with Gasteiger partial charge in [0.1, 0.15) is 0 Å². The number of nitrogens with two attached hydrogens (primary N) is 1. The van der Waals surface area contributed by atoms with Gasteiger partial charge in [0, 0.05) is 18.8 Å². The van der Waals surface area contributed by atoms with E-state index in [4.69, 9.17) is 5.73 Å². The number of anilines is 1. The summed E-state index contributed by atoms with van der Waals surface area (Å²) in [6.07, 6.45) is 5.52. The van der Waals surface area contributed by atoms with Crippen LogP contribution < -0.4 is 5.73 Å². The van der Waals surface area contributed by atoms with Gasteiger partial charge in [-0.05, 0) is 69.4 Å². The lowest BCUT2D eigenvalue weighted by Crippen LogP contribution is -2.37. The molecule has 0 atom stereocenters. The smallest absolute Gasteiger partial charge is 0.0359 e. The first-order valence-corrected chi connectivity index (χ1v) is 8.09. The summed E-state index contributed by atoms with van der Waals surface area (Å²) in [4.78, 5) is 5.22. The van der Waals surface area contributed by atoms with E-state index in [9.17, 15) is 0 Å². The van der Waals surface area contributed by atoms with Crippen molar-refractivity contribution in [1.29, 1.82) is 0 Å². The Labute approximate surface area is 122 Å². The third-order valence-electron chi connectivity index (χ3n) is 4.87. The van der Waals surface area contributed by atoms with E-state index in [0.29, 0.717) is 0 Å². The van der Waals surface area contributed by atoms with E-state index in [-0.39, 0.29) is 0 Å². The van der Waals surface area contributed by atoms with Crippen molar-refractivity contribution in [3.8, 4) is 0 Å². The third-order valence-corrected chi connectivity index (χ3v) is 4.87. The molecule has 20 heavy (non-hydrogen) atoms. The van der Waals surface area contributed by atoms with Crippen LogP contribution in [0.3, 0.4) is 0 Å². The van der Waals surface area contributed by atoms with Crippen LogP contribution in [0, 0.1) is 5.92 Å². The quantitative estimate of drug-likeness (QED) is 0.856. The first kappa shape index (κ1) is 13.9. The molecule has 3 heteroatoms. The lowest BCUT2D eigenvalue weighted by molar-refractivity contribution is 0.149. The highest BCUT2D eigenvalue weighted by Gasteiger charge is 2.22. The van der Waals surface area contributed by atoms with Crippen LogP contribution in [-0.4, -0.2) is 42.5 Å². The molecule has 0 aromatic heterocycles. The van der Waals surface area contributed by atoms with Gasteiger partial charge in [0.25, 0.3) is 0 Å². The summed E-state index contributed by atoms with van der Waals surface area (Å²) in [6.45, 7) is 7.48. The maximum Gasteiger partial charge on any atom is 0.0359 e. The van der Waals surface area contributed by atoms with E-state index in [1.807, 2.05) is 12.1 Å². The van der Waals surface area contributed by atoms with Crippen molar-refractivity contribution in [2.45, 2.75) is 32.2 Å². The van der Waals surface area contributed by atoms with E-state index in [1.54, 1.807) is 0 Å². The zero-order chi connectivity index (χ0) is 13.8. The van der Waals surface area contributed by atoms with Crippen molar-refractivity contribution in [3.05, 3.63) is 29.8 Å². The Kier molecular flexibility index (Phi) is 4.58. The van der Waals surface area contributed by atoms with E-state index in [0.717, 1.165) is 18.2 Å². The SMILES string of the molecule is Nc1ccccc1CN1CCC(CN2CCCC2)CC1. The third kappa shape index (κ3) is 3.53. The average Bonchev–Trinajstić information content (AvgIpc) is 2.96. The van der Waals surface area contributed by atoms with Crippen LogP contribution in [0.15, 0.2) is 24.3 Å². The van der Waals surface area contributed by atoms with Crippen molar-refractivity contribution in [3.63, 3.8) is 0 Å². The number of rotatable bonds is 4. The fourth-order valence-corrected chi connectivity index (χ4v) is 3.58. The molecule has 1 aromatic rings. The second-order valence-electron chi connectivity index (χ2n) is 6.43. The predicted molar refractivity (Wildman–Crippen MR) is 84.5 cm³/mol. The van der Waals surface area contributed by atoms with Crippen molar-refractivity contribution < 1.29 is 0 Å². The zero-order valence-corrected chi connectivity index (χ0v) is 12.4. The van der Waals surface area contributed by atoms with Gasteiger partial charge in [-0.15, -0.1) is 0 Å². The molecule has 0 amide bonds. The second kappa shape index (κ2) is 6.59. The van der Waals surface area contributed by atoms with Crippen LogP contribution in [0.1, 0.15) is 31.2 Å². The molecule has 2 heterocycles. The van der Waals surface area contributed by atoms with E-state index in [1.165, 1.54) is 64.0 Å². The molecule has 3 rings (SSSR count). The standard InChI is InChI=1S/C17H27N3/c18-17-6-2-1-5-16(17)14-20-11-7-15(8-12-20)13-19-9-3-4-10-19/h1-2,5-6,15H,3-4,7-14,18H2. The lowest BCUT2D eigenvalue weighted by atomic mass is 9.96. The van der Waals surface area contributed by atoms with Gasteiger partial charge in [0.15, 0.2) is 0 Å². The Morgan fingerprint density at radius 1 is 0.950 bits per heavy atom. The summed E-state index contributed by atoms with van der Waals surface area (Å²) in [5, 5.41) is 0. The number of piperidine rings is 1. The molecule has 2 aliphatic heterocycles. The topological polar surface area (TPSA) is 32.5 Å². The lowest BCUT2D eigenvalue weighted by Gasteiger charge is -2.34. The minimum absolute atomic E-state index is 0.914. The molecule has 0 bridgehead atoms. The summed E-state index contributed by atoms with van der Waals surface area (Å²) in [6, 6.07) is 8.27. The van der Waals surface area contributed by atoms with Gasteiger partial charge in [-0.25, -0.2) is 0 Å². The van der Waals surface area contributed by atoms with Crippen LogP contribution in [-0.2, 0) is 6.54 Å². The molecule has 2 aliphatic rings. The molecule has 0 aliphatic carbocycles. The van der Waals surface area contributed by atoms with Crippen LogP contribution in [0.4, 0.5) is 5.69 Å². The molecular formula is C17H27N3. The Hall–Kier alpha value is -1.06. The van der Waals surface area contributed by atoms with Crippen LogP contribution in [0.2, 0.25) is 0 Å². The van der Waals surface area contributed by atoms with Gasteiger partial charge < -0.3 is 10.6 Å². The summed E-state index contributed by atoms with van der Waals surface area (Å²) in [5.41, 5.74) is 8.26. The van der Waals surface area contributed by atoms with Crippen molar-refractivity contribution >= 4 is 5.69 Å². The zero-order valence-electron chi connectivity index (χ0n) is 12.4. The molecule has 0 spiro atoms. The van der Waals surface area contributed by atoms with Crippen molar-refractivity contribution in [2.75, 3.05) is 38.5 Å². The molecule has 110 valence electrons. The van der Waals surface area contributed by atoms with Crippen molar-refractivity contribution in [2.24, 2.45) is 5.92 Å². The number of benzene rings is 1. The number of likely N-dealkylation sites (tertiary alicyclic amines) is 2. The molecule has 2 N–H and O–H groups in total. The fourth-order valence-electron chi connectivity index (χ4n) is 3.58. The Bertz CT molecular complexity index is 418. The Balaban J connectivity index is 1.45. The van der Waals surface area contributed by atoms with Gasteiger partial charge in [-0.1, -0.05) is 18.2 Å². The molecule has 0 saturated carbocycles. The highest BCUT2D eigenvalue weighted by molar-refractivity contribution is 5.46. The monoisotopic (exact) mass is 273 g/mol. The minimum Gasteiger partial charge on any atom is -0.398 e. The molecule has 0 radical (unpaired) electrons. The van der Waals surface area contributed by atoms with Gasteiger partial charge in [0.05, 0.1) is 0 Å². The first-order valence-electron chi connectivity index (χ1n) is 8.09. The molecule has 3 nitrogen and oxygen atoms in total. The molecule has 1 aromatic carbocycles. The van der Waals surface area contributed by atoms with Gasteiger partial charge in [-0.3, -0.25) is 4.90 Å². The maximum atomic E-state index is 6.04. The number of nitrogen functional groups attached to an aromatic ring is 1. The van der Waals surface area contributed by atoms with Crippen LogP contribution >= 0.6 is 0 Å². The fraction of sp³-hybridized carbons (Fsp3) is 0.647. The normalized spacial score (nSPS) is 22.4. The number of nitrogens with zero attached hydrogens (tertiary/aromatic N) is 2. The van der Waals surface area contributed by atoms with Gasteiger partial charge in [-0.2, -0.15) is 0 Å². The van der Waals surface area contributed by atoms with Crippen LogP contribution in [0.5, 0.6) is 0 Å². The van der Waals surface area contributed by atoms with E-state index >= 15 is 0 Å². The minimum atomic E-state index is 0.914. The Morgan fingerprint density at radius 2 is 1.65 bits per heavy atom. The highest BCUT2D eigenvalue weighted by atomic mass is 15.2. The largest absolute Gasteiger partial charge is 0.398 e. The molecule has 2 fully saturated rings. The maximum absolute atomic E-state index is 6.04. The predicted octanol–water partition coefficient (Wildman–Crippen LogP) is 2.58. The number of hydrogen-bond donors (Lipinski definition) is 1. The first-order chi connectivity index (χ1) is 9.81. The summed E-state index contributed by atoms with van der Waals surface area (Å²) >= 11 is 0. The van der Waals surface area contributed by atoms with Crippen molar-refractivity contribution in [1.82, 2.24) is 9.80 Å². The number of hydrogen-bond acceptors (Lipinski definition) is 3. The molecule has 0 unspecified atom stereocenters. The van der Waals surface area contributed by atoms with E-state index < -0.39 is 0 Å². The summed E-state index contributed by atoms with van der Waals surface area (Å²) < 4.78 is 0. The van der Waals surface area contributed by atoms with Gasteiger partial charge in [0.2, 0.25) is 0 Å². The average molecular weight is 273 g/mol. The summed E-state index contributed by atoms with van der Waals surface area (Å²) in [5.74, 6) is 0.914. The highest BCUT2D eigenvalue weighted by Crippen LogP contribution is 2.23.